The number of nitrogens with zero attached hydrogens (tertiary/aromatic N) is 3. The van der Waals surface area contributed by atoms with Crippen molar-refractivity contribution >= 4 is 28.5 Å². The maximum atomic E-state index is 13.9. The fourth-order valence-electron chi connectivity index (χ4n) is 4.72. The number of carbonyl (C=O) groups excluding carboxylic acids is 2. The Labute approximate surface area is 224 Å². The highest BCUT2D eigenvalue weighted by Gasteiger charge is 2.23. The van der Waals surface area contributed by atoms with Crippen molar-refractivity contribution in [2.75, 3.05) is 24.8 Å². The topological polar surface area (TPSA) is 76.5 Å². The zero-order valence-electron chi connectivity index (χ0n) is 22.7. The molecule has 1 N–H and O–H groups in total. The van der Waals surface area contributed by atoms with E-state index in [1.165, 1.54) is 0 Å². The minimum atomic E-state index is -0.123. The first-order valence-corrected chi connectivity index (χ1v) is 13.2. The van der Waals surface area contributed by atoms with Gasteiger partial charge in [0.05, 0.1) is 16.7 Å². The lowest BCUT2D eigenvalue weighted by molar-refractivity contribution is -0.120. The van der Waals surface area contributed by atoms with E-state index in [-0.39, 0.29) is 25.1 Å². The molecule has 0 fully saturated rings. The second-order valence-corrected chi connectivity index (χ2v) is 9.36. The highest BCUT2D eigenvalue weighted by Crippen LogP contribution is 2.27. The fraction of sp³-hybridized carbons (Fsp3) is 0.323. The zero-order valence-corrected chi connectivity index (χ0v) is 22.7. The summed E-state index contributed by atoms with van der Waals surface area (Å²) in [6, 6.07) is 21.4. The van der Waals surface area contributed by atoms with Gasteiger partial charge in [-0.2, -0.15) is 0 Å². The number of imidazole rings is 1. The molecule has 2 amide bonds. The van der Waals surface area contributed by atoms with Gasteiger partial charge in [0.2, 0.25) is 5.91 Å². The maximum absolute atomic E-state index is 13.9. The summed E-state index contributed by atoms with van der Waals surface area (Å²) in [6.45, 7) is 9.22. The van der Waals surface area contributed by atoms with E-state index in [0.29, 0.717) is 25.1 Å². The molecule has 7 heteroatoms. The third-order valence-corrected chi connectivity index (χ3v) is 6.64. The normalized spacial score (nSPS) is 11.1. The van der Waals surface area contributed by atoms with Crippen LogP contribution in [0, 0.1) is 13.8 Å². The van der Waals surface area contributed by atoms with Crippen LogP contribution in [0.3, 0.4) is 0 Å². The van der Waals surface area contributed by atoms with Crippen molar-refractivity contribution in [3.63, 3.8) is 0 Å². The lowest BCUT2D eigenvalue weighted by Gasteiger charge is -2.27. The molecule has 38 heavy (non-hydrogen) atoms. The first kappa shape index (κ1) is 27.1. The van der Waals surface area contributed by atoms with Crippen molar-refractivity contribution in [2.45, 2.75) is 47.1 Å². The van der Waals surface area contributed by atoms with E-state index in [4.69, 9.17) is 9.72 Å². The number of anilines is 1. The number of aromatic nitrogens is 2. The number of hydrogen-bond donors (Lipinski definition) is 1. The predicted octanol–water partition coefficient (Wildman–Crippen LogP) is 5.22. The third-order valence-electron chi connectivity index (χ3n) is 6.64. The van der Waals surface area contributed by atoms with Gasteiger partial charge in [-0.25, -0.2) is 4.98 Å². The van der Waals surface area contributed by atoms with Crippen LogP contribution in [-0.4, -0.2) is 41.2 Å². The van der Waals surface area contributed by atoms with Crippen molar-refractivity contribution < 1.29 is 14.3 Å². The number of para-hydroxylation sites is 3. The highest BCUT2D eigenvalue weighted by molar-refractivity contribution is 5.96. The minimum Gasteiger partial charge on any atom is -0.361 e. The molecular weight excluding hydrogens is 476 g/mol. The van der Waals surface area contributed by atoms with Crippen LogP contribution in [0.1, 0.15) is 46.7 Å². The summed E-state index contributed by atoms with van der Waals surface area (Å²) in [4.78, 5) is 33.1. The predicted molar refractivity (Wildman–Crippen MR) is 151 cm³/mol. The van der Waals surface area contributed by atoms with E-state index < -0.39 is 0 Å². The number of rotatable bonds is 11. The highest BCUT2D eigenvalue weighted by atomic mass is 16.5. The van der Waals surface area contributed by atoms with E-state index >= 15 is 0 Å². The van der Waals surface area contributed by atoms with Gasteiger partial charge in [0.15, 0.2) is 0 Å². The van der Waals surface area contributed by atoms with Gasteiger partial charge in [-0.3, -0.25) is 14.5 Å². The first-order valence-electron chi connectivity index (χ1n) is 13.2. The van der Waals surface area contributed by atoms with Crippen LogP contribution in [0.4, 0.5) is 5.69 Å². The van der Waals surface area contributed by atoms with Gasteiger partial charge in [-0.1, -0.05) is 55.0 Å². The van der Waals surface area contributed by atoms with Crippen molar-refractivity contribution in [2.24, 2.45) is 0 Å². The molecule has 198 valence electrons. The molecule has 0 bridgehead atoms. The summed E-state index contributed by atoms with van der Waals surface area (Å²) in [5.74, 6) is 0.554. The number of benzene rings is 3. The van der Waals surface area contributed by atoms with Gasteiger partial charge in [-0.05, 0) is 62.6 Å². The smallest absolute Gasteiger partial charge is 0.251 e. The van der Waals surface area contributed by atoms with Gasteiger partial charge >= 0.3 is 0 Å². The summed E-state index contributed by atoms with van der Waals surface area (Å²) in [5.41, 5.74) is 6.42. The number of carbonyl (C=O) groups is 2. The Kier molecular flexibility index (Phi) is 8.92. The lowest BCUT2D eigenvalue weighted by Crippen LogP contribution is -2.37. The van der Waals surface area contributed by atoms with Crippen molar-refractivity contribution in [1.82, 2.24) is 14.9 Å². The number of hydrogen-bond acceptors (Lipinski definition) is 4. The Morgan fingerprint density at radius 2 is 1.79 bits per heavy atom. The molecule has 1 heterocycles. The van der Waals surface area contributed by atoms with Gasteiger partial charge in [-0.15, -0.1) is 0 Å². The van der Waals surface area contributed by atoms with Crippen molar-refractivity contribution in [3.05, 3.63) is 94.8 Å². The van der Waals surface area contributed by atoms with Gasteiger partial charge < -0.3 is 14.6 Å². The number of nitrogens with one attached hydrogen (secondary N) is 1. The summed E-state index contributed by atoms with van der Waals surface area (Å²) in [7, 11) is 0. The van der Waals surface area contributed by atoms with Crippen molar-refractivity contribution in [1.29, 1.82) is 0 Å². The molecule has 0 saturated carbocycles. The van der Waals surface area contributed by atoms with Crippen LogP contribution < -0.4 is 10.2 Å². The second-order valence-electron chi connectivity index (χ2n) is 9.36. The van der Waals surface area contributed by atoms with Crippen LogP contribution in [0.2, 0.25) is 0 Å². The molecule has 0 radical (unpaired) electrons. The molecule has 0 aliphatic rings. The number of ether oxygens (including phenoxy) is 1. The Morgan fingerprint density at radius 3 is 2.55 bits per heavy atom. The summed E-state index contributed by atoms with van der Waals surface area (Å²) in [5, 5.41) is 2.99. The van der Waals surface area contributed by atoms with Crippen LogP contribution in [0.15, 0.2) is 66.7 Å². The van der Waals surface area contributed by atoms with Crippen LogP contribution >= 0.6 is 0 Å². The van der Waals surface area contributed by atoms with E-state index in [0.717, 1.165) is 45.7 Å². The van der Waals surface area contributed by atoms with Crippen molar-refractivity contribution in [3.8, 4) is 0 Å². The molecule has 0 aliphatic carbocycles. The molecule has 0 unspecified atom stereocenters. The first-order chi connectivity index (χ1) is 18.4. The molecular formula is C31H36N4O3. The quantitative estimate of drug-likeness (QED) is 0.280. The van der Waals surface area contributed by atoms with E-state index in [9.17, 15) is 9.59 Å². The maximum Gasteiger partial charge on any atom is 0.251 e. The fourth-order valence-corrected chi connectivity index (χ4v) is 4.72. The third kappa shape index (κ3) is 6.11. The SMILES string of the molecule is CCOCN(C(=O)Cn1c(CCNC(=O)c2cccc(C)c2)nc2ccccc21)c1c(C)cccc1CC. The number of aryl methyl sites for hydroxylation is 3. The van der Waals surface area contributed by atoms with Gasteiger partial charge in [0, 0.05) is 25.1 Å². The molecule has 7 nitrogen and oxygen atoms in total. The molecule has 3 aromatic carbocycles. The summed E-state index contributed by atoms with van der Waals surface area (Å²) < 4.78 is 7.69. The van der Waals surface area contributed by atoms with Crippen LogP contribution in [-0.2, 0) is 28.9 Å². The summed E-state index contributed by atoms with van der Waals surface area (Å²) >= 11 is 0. The van der Waals surface area contributed by atoms with E-state index in [1.54, 1.807) is 11.0 Å². The molecule has 0 saturated heterocycles. The molecule has 4 aromatic rings. The molecule has 0 aliphatic heterocycles. The van der Waals surface area contributed by atoms with Crippen LogP contribution in [0.5, 0.6) is 0 Å². The monoisotopic (exact) mass is 512 g/mol. The van der Waals surface area contributed by atoms with E-state index in [2.05, 4.69) is 18.3 Å². The average molecular weight is 513 g/mol. The van der Waals surface area contributed by atoms with Crippen LogP contribution in [0.25, 0.3) is 11.0 Å². The molecule has 0 spiro atoms. The summed E-state index contributed by atoms with van der Waals surface area (Å²) in [6.07, 6.45) is 1.31. The Balaban J connectivity index is 1.59. The minimum absolute atomic E-state index is 0.0735. The number of fused-ring (bicyclic) bond motifs is 1. The lowest BCUT2D eigenvalue weighted by atomic mass is 10.0. The van der Waals surface area contributed by atoms with E-state index in [1.807, 2.05) is 79.9 Å². The number of amides is 2. The Bertz CT molecular complexity index is 1430. The molecule has 4 rings (SSSR count). The standard InChI is InChI=1S/C31H36N4O3/c1-5-24-13-10-12-23(4)30(24)35(21-38-6-2)29(36)20-34-27-16-8-7-15-26(27)33-28(34)17-18-32-31(37)25-14-9-11-22(3)19-25/h7-16,19H,5-6,17-18,20-21H2,1-4H3,(H,32,37). The van der Waals surface area contributed by atoms with Gasteiger partial charge in [0.25, 0.3) is 5.91 Å². The zero-order chi connectivity index (χ0) is 27.1. The Hall–Kier alpha value is -3.97. The largest absolute Gasteiger partial charge is 0.361 e. The molecule has 0 atom stereocenters. The molecule has 1 aromatic heterocycles. The average Bonchev–Trinajstić information content (AvgIpc) is 3.26. The van der Waals surface area contributed by atoms with Gasteiger partial charge in [0.1, 0.15) is 19.1 Å². The second kappa shape index (κ2) is 12.5. The Morgan fingerprint density at radius 1 is 1.00 bits per heavy atom.